The molecule has 0 unspecified atom stereocenters. The van der Waals surface area contributed by atoms with Gasteiger partial charge < -0.3 is 0 Å². The molecule has 0 N–H and O–H groups in total. The molecule has 0 aliphatic carbocycles. The Morgan fingerprint density at radius 3 is 2.40 bits per heavy atom. The Morgan fingerprint density at radius 2 is 1.87 bits per heavy atom. The van der Waals surface area contributed by atoms with Crippen LogP contribution in [0.5, 0.6) is 0 Å². The van der Waals surface area contributed by atoms with Crippen LogP contribution in [0.25, 0.3) is 5.69 Å². The van der Waals surface area contributed by atoms with Gasteiger partial charge in [0.15, 0.2) is 5.82 Å². The molecular formula is C11H14N4. The zero-order chi connectivity index (χ0) is 10.8. The summed E-state index contributed by atoms with van der Waals surface area (Å²) in [5.74, 6) is 2.14. The molecule has 0 aromatic carbocycles. The lowest BCUT2D eigenvalue weighted by Gasteiger charge is -2.01. The van der Waals surface area contributed by atoms with Crippen molar-refractivity contribution in [1.82, 2.24) is 19.7 Å². The first-order valence-electron chi connectivity index (χ1n) is 5.02. The van der Waals surface area contributed by atoms with Crippen molar-refractivity contribution in [1.29, 1.82) is 0 Å². The fraction of sp³-hybridized carbons (Fsp3) is 0.364. The number of aromatic nitrogens is 4. The summed E-state index contributed by atoms with van der Waals surface area (Å²) >= 11 is 0. The molecule has 4 heteroatoms. The molecule has 2 heterocycles. The van der Waals surface area contributed by atoms with Crippen molar-refractivity contribution in [3.05, 3.63) is 36.2 Å². The fourth-order valence-corrected chi connectivity index (χ4v) is 1.38. The molecule has 0 fully saturated rings. The number of hydrogen-bond acceptors (Lipinski definition) is 3. The van der Waals surface area contributed by atoms with Gasteiger partial charge in [0.2, 0.25) is 0 Å². The average Bonchev–Trinajstić information content (AvgIpc) is 2.62. The van der Waals surface area contributed by atoms with Gasteiger partial charge in [-0.2, -0.15) is 5.10 Å². The number of aryl methyl sites for hydroxylation is 1. The van der Waals surface area contributed by atoms with E-state index < -0.39 is 0 Å². The predicted octanol–water partition coefficient (Wildman–Crippen LogP) is 2.09. The molecule has 0 amide bonds. The van der Waals surface area contributed by atoms with Gasteiger partial charge in [-0.05, 0) is 19.1 Å². The van der Waals surface area contributed by atoms with Crippen LogP contribution in [0.4, 0.5) is 0 Å². The topological polar surface area (TPSA) is 43.6 Å². The van der Waals surface area contributed by atoms with Gasteiger partial charge >= 0.3 is 0 Å². The Balaban J connectivity index is 2.45. The van der Waals surface area contributed by atoms with Crippen molar-refractivity contribution in [3.8, 4) is 5.69 Å². The maximum atomic E-state index is 4.46. The van der Waals surface area contributed by atoms with Crippen molar-refractivity contribution in [2.45, 2.75) is 26.7 Å². The van der Waals surface area contributed by atoms with Crippen LogP contribution in [0.3, 0.4) is 0 Å². The Hall–Kier alpha value is -1.71. The minimum atomic E-state index is 0.354. The number of rotatable bonds is 2. The fourth-order valence-electron chi connectivity index (χ4n) is 1.38. The molecule has 0 saturated heterocycles. The second kappa shape index (κ2) is 3.81. The molecule has 0 aliphatic heterocycles. The van der Waals surface area contributed by atoms with Crippen LogP contribution < -0.4 is 0 Å². The highest BCUT2D eigenvalue weighted by molar-refractivity contribution is 5.28. The van der Waals surface area contributed by atoms with Gasteiger partial charge in [-0.3, -0.25) is 4.98 Å². The maximum Gasteiger partial charge on any atom is 0.153 e. The first-order chi connectivity index (χ1) is 7.18. The Morgan fingerprint density at radius 1 is 1.20 bits per heavy atom. The lowest BCUT2D eigenvalue weighted by molar-refractivity contribution is 0.751. The largest absolute Gasteiger partial charge is 0.265 e. The van der Waals surface area contributed by atoms with Gasteiger partial charge in [0.25, 0.3) is 0 Å². The van der Waals surface area contributed by atoms with Crippen LogP contribution in [0, 0.1) is 6.92 Å². The maximum absolute atomic E-state index is 4.46. The third kappa shape index (κ3) is 1.88. The average molecular weight is 202 g/mol. The molecule has 0 bridgehead atoms. The van der Waals surface area contributed by atoms with Crippen molar-refractivity contribution in [3.63, 3.8) is 0 Å². The molecule has 2 aromatic heterocycles. The third-order valence-electron chi connectivity index (χ3n) is 2.21. The van der Waals surface area contributed by atoms with Gasteiger partial charge in [0.05, 0.1) is 5.69 Å². The molecular weight excluding hydrogens is 188 g/mol. The number of hydrogen-bond donors (Lipinski definition) is 0. The van der Waals surface area contributed by atoms with E-state index in [9.17, 15) is 0 Å². The highest BCUT2D eigenvalue weighted by atomic mass is 15.3. The second-order valence-electron chi connectivity index (χ2n) is 3.79. The summed E-state index contributed by atoms with van der Waals surface area (Å²) in [4.78, 5) is 8.40. The van der Waals surface area contributed by atoms with Gasteiger partial charge in [-0.15, -0.1) is 0 Å². The van der Waals surface area contributed by atoms with E-state index in [0.717, 1.165) is 17.3 Å². The van der Waals surface area contributed by atoms with Crippen LogP contribution in [0.1, 0.15) is 31.4 Å². The Labute approximate surface area is 89.0 Å². The van der Waals surface area contributed by atoms with E-state index in [-0.39, 0.29) is 0 Å². The lowest BCUT2D eigenvalue weighted by Crippen LogP contribution is -1.99. The first kappa shape index (κ1) is 9.83. The molecule has 0 atom stereocenters. The van der Waals surface area contributed by atoms with E-state index in [4.69, 9.17) is 0 Å². The van der Waals surface area contributed by atoms with Crippen LogP contribution in [-0.4, -0.2) is 19.7 Å². The van der Waals surface area contributed by atoms with Crippen LogP contribution in [-0.2, 0) is 0 Å². The second-order valence-corrected chi connectivity index (χ2v) is 3.79. The molecule has 4 nitrogen and oxygen atoms in total. The minimum absolute atomic E-state index is 0.354. The van der Waals surface area contributed by atoms with E-state index in [1.807, 2.05) is 23.7 Å². The summed E-state index contributed by atoms with van der Waals surface area (Å²) in [7, 11) is 0. The molecule has 0 aliphatic rings. The molecule has 2 aromatic rings. The third-order valence-corrected chi connectivity index (χ3v) is 2.21. The minimum Gasteiger partial charge on any atom is -0.265 e. The van der Waals surface area contributed by atoms with E-state index in [2.05, 4.69) is 28.9 Å². The van der Waals surface area contributed by atoms with Crippen LogP contribution >= 0.6 is 0 Å². The quantitative estimate of drug-likeness (QED) is 0.749. The molecule has 0 saturated carbocycles. The van der Waals surface area contributed by atoms with Crippen LogP contribution in [0.15, 0.2) is 24.5 Å². The van der Waals surface area contributed by atoms with Gasteiger partial charge in [0, 0.05) is 18.3 Å². The summed E-state index contributed by atoms with van der Waals surface area (Å²) < 4.78 is 1.84. The summed E-state index contributed by atoms with van der Waals surface area (Å²) in [6, 6.07) is 3.84. The molecule has 78 valence electrons. The number of pyridine rings is 1. The molecule has 2 rings (SSSR count). The summed E-state index contributed by atoms with van der Waals surface area (Å²) in [5.41, 5.74) is 1.00. The van der Waals surface area contributed by atoms with Gasteiger partial charge in [-0.1, -0.05) is 13.8 Å². The smallest absolute Gasteiger partial charge is 0.153 e. The van der Waals surface area contributed by atoms with E-state index in [1.165, 1.54) is 0 Å². The van der Waals surface area contributed by atoms with Gasteiger partial charge in [-0.25, -0.2) is 9.67 Å². The zero-order valence-electron chi connectivity index (χ0n) is 9.18. The molecule has 15 heavy (non-hydrogen) atoms. The summed E-state index contributed by atoms with van der Waals surface area (Å²) in [5, 5.41) is 4.46. The van der Waals surface area contributed by atoms with Gasteiger partial charge in [0.1, 0.15) is 5.82 Å². The van der Waals surface area contributed by atoms with Crippen molar-refractivity contribution < 1.29 is 0 Å². The van der Waals surface area contributed by atoms with Crippen LogP contribution in [0.2, 0.25) is 0 Å². The van der Waals surface area contributed by atoms with Crippen molar-refractivity contribution in [2.75, 3.05) is 0 Å². The SMILES string of the molecule is Cc1nc(C(C)C)nn1-c1ccncc1. The Kier molecular flexibility index (Phi) is 2.49. The van der Waals surface area contributed by atoms with Crippen molar-refractivity contribution >= 4 is 0 Å². The monoisotopic (exact) mass is 202 g/mol. The van der Waals surface area contributed by atoms with E-state index in [1.54, 1.807) is 12.4 Å². The van der Waals surface area contributed by atoms with Crippen molar-refractivity contribution in [2.24, 2.45) is 0 Å². The zero-order valence-corrected chi connectivity index (χ0v) is 9.18. The van der Waals surface area contributed by atoms with E-state index in [0.29, 0.717) is 5.92 Å². The van der Waals surface area contributed by atoms with E-state index >= 15 is 0 Å². The molecule has 0 spiro atoms. The lowest BCUT2D eigenvalue weighted by atomic mass is 10.2. The highest BCUT2D eigenvalue weighted by Gasteiger charge is 2.10. The molecule has 0 radical (unpaired) electrons. The normalized spacial score (nSPS) is 10.9. The summed E-state index contributed by atoms with van der Waals surface area (Å²) in [6.45, 7) is 6.14. The Bertz CT molecular complexity index is 445. The highest BCUT2D eigenvalue weighted by Crippen LogP contribution is 2.13. The first-order valence-corrected chi connectivity index (χ1v) is 5.02. The predicted molar refractivity (Wildman–Crippen MR) is 58.0 cm³/mol. The number of nitrogens with zero attached hydrogens (tertiary/aromatic N) is 4. The summed E-state index contributed by atoms with van der Waals surface area (Å²) in [6.07, 6.45) is 3.51. The standard InChI is InChI=1S/C11H14N4/c1-8(2)11-13-9(3)15(14-11)10-4-6-12-7-5-10/h4-8H,1-3H3.